The molecule has 2 rings (SSSR count). The second-order valence-electron chi connectivity index (χ2n) is 3.67. The van der Waals surface area contributed by atoms with Gasteiger partial charge in [-0.05, 0) is 25.2 Å². The Kier molecular flexibility index (Phi) is 2.05. The highest BCUT2D eigenvalue weighted by molar-refractivity contribution is 5.69. The van der Waals surface area contributed by atoms with Crippen molar-refractivity contribution in [3.05, 3.63) is 0 Å². The lowest BCUT2D eigenvalue weighted by atomic mass is 9.87. The normalized spacial score (nSPS) is 38.6. The van der Waals surface area contributed by atoms with Crippen molar-refractivity contribution in [3.63, 3.8) is 0 Å². The van der Waals surface area contributed by atoms with Crippen LogP contribution in [0.15, 0.2) is 0 Å². The highest BCUT2D eigenvalue weighted by Crippen LogP contribution is 2.40. The monoisotopic (exact) mass is 170 g/mol. The highest BCUT2D eigenvalue weighted by atomic mass is 16.6. The molecule has 0 aromatic heterocycles. The third-order valence-electron chi connectivity index (χ3n) is 2.80. The molecule has 3 atom stereocenters. The van der Waals surface area contributed by atoms with Crippen LogP contribution in [-0.2, 0) is 14.3 Å². The Labute approximate surface area is 72.0 Å². The van der Waals surface area contributed by atoms with Crippen molar-refractivity contribution in [1.82, 2.24) is 0 Å². The van der Waals surface area contributed by atoms with Crippen LogP contribution in [0.4, 0.5) is 0 Å². The fraction of sp³-hybridized carbons (Fsp3) is 0.889. The second kappa shape index (κ2) is 3.05. The maximum absolute atomic E-state index is 10.9. The maximum atomic E-state index is 10.9. The maximum Gasteiger partial charge on any atom is 0.305 e. The fourth-order valence-corrected chi connectivity index (χ4v) is 1.99. The van der Waals surface area contributed by atoms with Crippen LogP contribution < -0.4 is 0 Å². The summed E-state index contributed by atoms with van der Waals surface area (Å²) in [5, 5.41) is 0. The molecule has 3 unspecified atom stereocenters. The molecule has 0 bridgehead atoms. The van der Waals surface area contributed by atoms with Gasteiger partial charge >= 0.3 is 5.97 Å². The smallest absolute Gasteiger partial charge is 0.305 e. The topological polar surface area (TPSA) is 38.8 Å². The van der Waals surface area contributed by atoms with Crippen molar-refractivity contribution >= 4 is 5.97 Å². The van der Waals surface area contributed by atoms with Gasteiger partial charge in [-0.15, -0.1) is 0 Å². The number of fused-ring (bicyclic) bond motifs is 1. The van der Waals surface area contributed by atoms with E-state index in [0.29, 0.717) is 24.5 Å². The van der Waals surface area contributed by atoms with Gasteiger partial charge in [0.1, 0.15) is 0 Å². The Morgan fingerprint density at radius 2 is 2.33 bits per heavy atom. The zero-order valence-corrected chi connectivity index (χ0v) is 7.29. The largest absolute Gasteiger partial charge is 0.469 e. The predicted molar refractivity (Wildman–Crippen MR) is 42.6 cm³/mol. The average molecular weight is 170 g/mol. The molecule has 3 nitrogen and oxygen atoms in total. The summed E-state index contributed by atoms with van der Waals surface area (Å²) in [7, 11) is 1.45. The van der Waals surface area contributed by atoms with Gasteiger partial charge in [-0.25, -0.2) is 0 Å². The summed E-state index contributed by atoms with van der Waals surface area (Å²) in [5.41, 5.74) is 0. The van der Waals surface area contributed by atoms with Crippen molar-refractivity contribution in [2.45, 2.75) is 37.9 Å². The minimum absolute atomic E-state index is 0.0842. The summed E-state index contributed by atoms with van der Waals surface area (Å²) in [5.74, 6) is 0.417. The van der Waals surface area contributed by atoms with E-state index in [4.69, 9.17) is 4.74 Å². The zero-order chi connectivity index (χ0) is 8.55. The predicted octanol–water partition coefficient (Wildman–Crippen LogP) is 1.12. The average Bonchev–Trinajstić information content (AvgIpc) is 2.82. The minimum Gasteiger partial charge on any atom is -0.469 e. The summed E-state index contributed by atoms with van der Waals surface area (Å²) >= 11 is 0. The van der Waals surface area contributed by atoms with Crippen LogP contribution in [0.3, 0.4) is 0 Å². The van der Waals surface area contributed by atoms with E-state index >= 15 is 0 Å². The molecule has 0 aromatic rings. The van der Waals surface area contributed by atoms with Crippen LogP contribution in [0, 0.1) is 5.92 Å². The molecule has 0 N–H and O–H groups in total. The number of epoxide rings is 1. The summed E-state index contributed by atoms with van der Waals surface area (Å²) < 4.78 is 9.99. The molecular weight excluding hydrogens is 156 g/mol. The number of hydrogen-bond acceptors (Lipinski definition) is 3. The fourth-order valence-electron chi connectivity index (χ4n) is 1.99. The summed E-state index contributed by atoms with van der Waals surface area (Å²) in [6.07, 6.45) is 4.87. The zero-order valence-electron chi connectivity index (χ0n) is 7.29. The molecule has 2 fully saturated rings. The molecule has 1 saturated carbocycles. The van der Waals surface area contributed by atoms with E-state index in [1.807, 2.05) is 0 Å². The van der Waals surface area contributed by atoms with Crippen molar-refractivity contribution in [3.8, 4) is 0 Å². The first-order chi connectivity index (χ1) is 5.79. The van der Waals surface area contributed by atoms with Gasteiger partial charge < -0.3 is 9.47 Å². The molecule has 0 radical (unpaired) electrons. The van der Waals surface area contributed by atoms with Crippen LogP contribution in [0.2, 0.25) is 0 Å². The van der Waals surface area contributed by atoms with Gasteiger partial charge in [0.05, 0.1) is 19.3 Å². The molecule has 1 aliphatic carbocycles. The van der Waals surface area contributed by atoms with E-state index in [0.717, 1.165) is 19.3 Å². The van der Waals surface area contributed by atoms with Crippen LogP contribution in [0.25, 0.3) is 0 Å². The third kappa shape index (κ3) is 1.61. The molecule has 68 valence electrons. The first-order valence-corrected chi connectivity index (χ1v) is 4.52. The van der Waals surface area contributed by atoms with Gasteiger partial charge in [-0.2, -0.15) is 0 Å². The molecule has 0 aromatic carbocycles. The molecule has 3 heteroatoms. The van der Waals surface area contributed by atoms with Crippen LogP contribution in [0.5, 0.6) is 0 Å². The SMILES string of the molecule is COC(=O)CC1CCC2OC2C1. The minimum atomic E-state index is -0.0842. The van der Waals surface area contributed by atoms with Gasteiger partial charge in [0.25, 0.3) is 0 Å². The molecular formula is C9H14O3. The quantitative estimate of drug-likeness (QED) is 0.460. The third-order valence-corrected chi connectivity index (χ3v) is 2.80. The molecule has 12 heavy (non-hydrogen) atoms. The molecule has 2 aliphatic rings. The van der Waals surface area contributed by atoms with Crippen molar-refractivity contribution in [2.24, 2.45) is 5.92 Å². The highest BCUT2D eigenvalue weighted by Gasteiger charge is 2.44. The molecule has 0 spiro atoms. The Morgan fingerprint density at radius 1 is 1.50 bits per heavy atom. The van der Waals surface area contributed by atoms with Gasteiger partial charge in [0.2, 0.25) is 0 Å². The van der Waals surface area contributed by atoms with Gasteiger partial charge in [0, 0.05) is 6.42 Å². The Bertz CT molecular complexity index is 190. The van der Waals surface area contributed by atoms with E-state index in [1.165, 1.54) is 7.11 Å². The lowest BCUT2D eigenvalue weighted by Crippen LogP contribution is -2.17. The van der Waals surface area contributed by atoms with Crippen LogP contribution in [0.1, 0.15) is 25.7 Å². The molecule has 1 saturated heterocycles. The summed E-state index contributed by atoms with van der Waals surface area (Å²) in [4.78, 5) is 10.9. The Balaban J connectivity index is 1.77. The number of carbonyl (C=O) groups excluding carboxylic acids is 1. The number of carbonyl (C=O) groups is 1. The van der Waals surface area contributed by atoms with Crippen molar-refractivity contribution < 1.29 is 14.3 Å². The number of methoxy groups -OCH3 is 1. The number of esters is 1. The number of ether oxygens (including phenoxy) is 2. The Hall–Kier alpha value is -0.570. The standard InChI is InChI=1S/C9H14O3/c1-11-9(10)5-6-2-3-7-8(4-6)12-7/h6-8H,2-5H2,1H3. The number of hydrogen-bond donors (Lipinski definition) is 0. The van der Waals surface area contributed by atoms with Crippen molar-refractivity contribution in [2.75, 3.05) is 7.11 Å². The van der Waals surface area contributed by atoms with E-state index in [1.54, 1.807) is 0 Å². The molecule has 1 heterocycles. The Morgan fingerprint density at radius 3 is 3.00 bits per heavy atom. The van der Waals surface area contributed by atoms with Gasteiger partial charge in [-0.1, -0.05) is 0 Å². The first-order valence-electron chi connectivity index (χ1n) is 4.52. The van der Waals surface area contributed by atoms with E-state index < -0.39 is 0 Å². The number of rotatable bonds is 2. The van der Waals surface area contributed by atoms with Gasteiger partial charge in [0.15, 0.2) is 0 Å². The van der Waals surface area contributed by atoms with Crippen LogP contribution >= 0.6 is 0 Å². The van der Waals surface area contributed by atoms with E-state index in [-0.39, 0.29) is 5.97 Å². The van der Waals surface area contributed by atoms with Crippen LogP contribution in [-0.4, -0.2) is 25.3 Å². The molecule has 1 aliphatic heterocycles. The summed E-state index contributed by atoms with van der Waals surface area (Å²) in [6.45, 7) is 0. The van der Waals surface area contributed by atoms with E-state index in [9.17, 15) is 4.79 Å². The molecule has 0 amide bonds. The first kappa shape index (κ1) is 8.05. The van der Waals surface area contributed by atoms with Crippen molar-refractivity contribution in [1.29, 1.82) is 0 Å². The van der Waals surface area contributed by atoms with Gasteiger partial charge in [-0.3, -0.25) is 4.79 Å². The summed E-state index contributed by atoms with van der Waals surface area (Å²) in [6, 6.07) is 0. The second-order valence-corrected chi connectivity index (χ2v) is 3.67. The lowest BCUT2D eigenvalue weighted by Gasteiger charge is -2.16. The van der Waals surface area contributed by atoms with E-state index in [2.05, 4.69) is 4.74 Å². The lowest BCUT2D eigenvalue weighted by molar-refractivity contribution is -0.141.